The van der Waals surface area contributed by atoms with E-state index in [-0.39, 0.29) is 0 Å². The highest BCUT2D eigenvalue weighted by Crippen LogP contribution is 2.12. The number of hydrogen-bond acceptors (Lipinski definition) is 2. The number of hydrogen-bond donors (Lipinski definition) is 0. The minimum absolute atomic E-state index is 0.762. The first-order valence-corrected chi connectivity index (χ1v) is 3.04. The molecule has 0 atom stereocenters. The number of aromatic nitrogens is 1. The van der Waals surface area contributed by atoms with E-state index in [4.69, 9.17) is 4.74 Å². The van der Waals surface area contributed by atoms with Crippen LogP contribution in [0.15, 0.2) is 31.2 Å². The topological polar surface area (TPSA) is 22.1 Å². The van der Waals surface area contributed by atoms with Gasteiger partial charge < -0.3 is 4.74 Å². The number of pyridine rings is 1. The molecule has 2 heteroatoms. The zero-order valence-electron chi connectivity index (χ0n) is 5.87. The lowest BCUT2D eigenvalue weighted by molar-refractivity contribution is 0.476. The smallest absolute Gasteiger partial charge is 0.147 e. The van der Waals surface area contributed by atoms with Crippen LogP contribution < -0.4 is 4.74 Å². The predicted octanol–water partition coefficient (Wildman–Crippen LogP) is 1.91. The van der Waals surface area contributed by atoms with Crippen molar-refractivity contribution in [2.45, 2.75) is 6.92 Å². The van der Waals surface area contributed by atoms with Crippen LogP contribution in [0.5, 0.6) is 5.75 Å². The highest BCUT2D eigenvalue weighted by atomic mass is 16.5. The molecule has 0 aliphatic carbocycles. The third kappa shape index (κ3) is 1.35. The Morgan fingerprint density at radius 1 is 1.70 bits per heavy atom. The van der Waals surface area contributed by atoms with E-state index in [0.29, 0.717) is 0 Å². The summed E-state index contributed by atoms with van der Waals surface area (Å²) in [6.45, 7) is 5.33. The first kappa shape index (κ1) is 6.81. The lowest BCUT2D eigenvalue weighted by atomic mass is 10.3. The summed E-state index contributed by atoms with van der Waals surface area (Å²) in [6.07, 6.45) is 3.12. The van der Waals surface area contributed by atoms with Gasteiger partial charge in [-0.2, -0.15) is 0 Å². The largest absolute Gasteiger partial charge is 0.464 e. The second-order valence-electron chi connectivity index (χ2n) is 1.87. The van der Waals surface area contributed by atoms with Crippen molar-refractivity contribution in [1.82, 2.24) is 4.98 Å². The van der Waals surface area contributed by atoms with Crippen LogP contribution in [0.2, 0.25) is 0 Å². The van der Waals surface area contributed by atoms with Gasteiger partial charge in [-0.1, -0.05) is 6.58 Å². The Bertz CT molecular complexity index is 232. The van der Waals surface area contributed by atoms with E-state index in [0.717, 1.165) is 11.4 Å². The Morgan fingerprint density at radius 3 is 3.10 bits per heavy atom. The van der Waals surface area contributed by atoms with Crippen molar-refractivity contribution in [3.8, 4) is 5.75 Å². The molecule has 0 fully saturated rings. The second-order valence-corrected chi connectivity index (χ2v) is 1.87. The minimum Gasteiger partial charge on any atom is -0.464 e. The number of nitrogens with zero attached hydrogens (tertiary/aromatic N) is 1. The molecule has 0 spiro atoms. The van der Waals surface area contributed by atoms with E-state index in [9.17, 15) is 0 Å². The van der Waals surface area contributed by atoms with E-state index in [1.807, 2.05) is 19.1 Å². The standard InChI is InChI=1S/C8H9NO/c1-3-10-8-5-4-6-9-7(8)2/h3-6H,1H2,2H3. The summed E-state index contributed by atoms with van der Waals surface area (Å²) in [5.41, 5.74) is 0.877. The summed E-state index contributed by atoms with van der Waals surface area (Å²) in [6, 6.07) is 3.68. The molecule has 1 rings (SSSR count). The van der Waals surface area contributed by atoms with Crippen molar-refractivity contribution in [2.24, 2.45) is 0 Å². The van der Waals surface area contributed by atoms with Gasteiger partial charge in [-0.15, -0.1) is 0 Å². The third-order valence-electron chi connectivity index (χ3n) is 1.17. The molecule has 0 aromatic carbocycles. The van der Waals surface area contributed by atoms with Gasteiger partial charge in [-0.3, -0.25) is 4.98 Å². The van der Waals surface area contributed by atoms with Crippen molar-refractivity contribution < 1.29 is 4.74 Å². The van der Waals surface area contributed by atoms with E-state index in [1.165, 1.54) is 6.26 Å². The van der Waals surface area contributed by atoms with Crippen LogP contribution in [0.4, 0.5) is 0 Å². The third-order valence-corrected chi connectivity index (χ3v) is 1.17. The zero-order valence-corrected chi connectivity index (χ0v) is 5.87. The van der Waals surface area contributed by atoms with Gasteiger partial charge in [0, 0.05) is 6.20 Å². The van der Waals surface area contributed by atoms with Crippen LogP contribution in [-0.4, -0.2) is 4.98 Å². The Labute approximate surface area is 60.2 Å². The van der Waals surface area contributed by atoms with Crippen LogP contribution in [0.1, 0.15) is 5.69 Å². The van der Waals surface area contributed by atoms with Crippen molar-refractivity contribution >= 4 is 0 Å². The molecule has 0 saturated carbocycles. The van der Waals surface area contributed by atoms with Crippen LogP contribution >= 0.6 is 0 Å². The molecule has 1 aromatic heterocycles. The van der Waals surface area contributed by atoms with Crippen LogP contribution in [-0.2, 0) is 0 Å². The van der Waals surface area contributed by atoms with Gasteiger partial charge in [-0.05, 0) is 19.1 Å². The van der Waals surface area contributed by atoms with E-state index in [2.05, 4.69) is 11.6 Å². The summed E-state index contributed by atoms with van der Waals surface area (Å²) in [5.74, 6) is 0.762. The number of rotatable bonds is 2. The molecule has 0 aliphatic rings. The van der Waals surface area contributed by atoms with Gasteiger partial charge in [0.15, 0.2) is 0 Å². The van der Waals surface area contributed by atoms with Crippen LogP contribution in [0.3, 0.4) is 0 Å². The summed E-state index contributed by atoms with van der Waals surface area (Å²) in [4.78, 5) is 4.02. The lowest BCUT2D eigenvalue weighted by Crippen LogP contribution is -1.86. The molecule has 1 heterocycles. The first-order chi connectivity index (χ1) is 4.84. The fourth-order valence-corrected chi connectivity index (χ4v) is 0.684. The van der Waals surface area contributed by atoms with Crippen molar-refractivity contribution in [3.63, 3.8) is 0 Å². The molecule has 0 N–H and O–H groups in total. The number of ether oxygens (including phenoxy) is 1. The van der Waals surface area contributed by atoms with Crippen molar-refractivity contribution in [1.29, 1.82) is 0 Å². The van der Waals surface area contributed by atoms with E-state index >= 15 is 0 Å². The lowest BCUT2D eigenvalue weighted by Gasteiger charge is -2.00. The summed E-state index contributed by atoms with van der Waals surface area (Å²) >= 11 is 0. The van der Waals surface area contributed by atoms with Gasteiger partial charge in [0.2, 0.25) is 0 Å². The molecule has 2 nitrogen and oxygen atoms in total. The average Bonchev–Trinajstić information content (AvgIpc) is 1.94. The normalized spacial score (nSPS) is 8.90. The van der Waals surface area contributed by atoms with Gasteiger partial charge in [0.25, 0.3) is 0 Å². The van der Waals surface area contributed by atoms with Crippen molar-refractivity contribution in [3.05, 3.63) is 36.9 Å². The Hall–Kier alpha value is -1.31. The second kappa shape index (κ2) is 3.01. The molecule has 52 valence electrons. The highest BCUT2D eigenvalue weighted by molar-refractivity contribution is 5.25. The molecule has 0 unspecified atom stereocenters. The quantitative estimate of drug-likeness (QED) is 0.578. The zero-order chi connectivity index (χ0) is 7.40. The molecule has 0 saturated heterocycles. The Kier molecular flexibility index (Phi) is 2.05. The average molecular weight is 135 g/mol. The molecular formula is C8H9NO. The monoisotopic (exact) mass is 135 g/mol. The highest BCUT2D eigenvalue weighted by Gasteiger charge is 1.93. The van der Waals surface area contributed by atoms with E-state index in [1.54, 1.807) is 6.20 Å². The molecule has 0 aliphatic heterocycles. The Balaban J connectivity index is 2.91. The SMILES string of the molecule is C=COc1cccnc1C. The van der Waals surface area contributed by atoms with Gasteiger partial charge in [0.05, 0.1) is 12.0 Å². The molecule has 10 heavy (non-hydrogen) atoms. The first-order valence-electron chi connectivity index (χ1n) is 3.04. The van der Waals surface area contributed by atoms with Gasteiger partial charge in [-0.25, -0.2) is 0 Å². The molecule has 0 radical (unpaired) electrons. The maximum Gasteiger partial charge on any atom is 0.147 e. The fraction of sp³-hybridized carbons (Fsp3) is 0.125. The minimum atomic E-state index is 0.762. The fourth-order valence-electron chi connectivity index (χ4n) is 0.684. The summed E-state index contributed by atoms with van der Waals surface area (Å²) < 4.78 is 5.04. The Morgan fingerprint density at radius 2 is 2.50 bits per heavy atom. The predicted molar refractivity (Wildman–Crippen MR) is 39.8 cm³/mol. The van der Waals surface area contributed by atoms with Crippen molar-refractivity contribution in [2.75, 3.05) is 0 Å². The summed E-state index contributed by atoms with van der Waals surface area (Å²) in [7, 11) is 0. The van der Waals surface area contributed by atoms with Gasteiger partial charge in [0.1, 0.15) is 5.75 Å². The molecular weight excluding hydrogens is 126 g/mol. The summed E-state index contributed by atoms with van der Waals surface area (Å²) in [5, 5.41) is 0. The number of aryl methyl sites for hydroxylation is 1. The molecule has 0 bridgehead atoms. The molecule has 0 amide bonds. The molecule has 1 aromatic rings. The maximum absolute atomic E-state index is 5.04. The van der Waals surface area contributed by atoms with Crippen LogP contribution in [0.25, 0.3) is 0 Å². The van der Waals surface area contributed by atoms with Gasteiger partial charge >= 0.3 is 0 Å². The van der Waals surface area contributed by atoms with E-state index < -0.39 is 0 Å². The van der Waals surface area contributed by atoms with Crippen LogP contribution in [0, 0.1) is 6.92 Å². The maximum atomic E-state index is 5.04.